The van der Waals surface area contributed by atoms with Gasteiger partial charge in [-0.15, -0.1) is 0 Å². The Labute approximate surface area is 72.0 Å². The summed E-state index contributed by atoms with van der Waals surface area (Å²) in [5.41, 5.74) is 0. The summed E-state index contributed by atoms with van der Waals surface area (Å²) in [5, 5.41) is 12.0. The monoisotopic (exact) mass is 169 g/mol. The minimum absolute atomic E-state index is 0.176. The zero-order valence-electron chi connectivity index (χ0n) is 7.25. The van der Waals surface area contributed by atoms with Gasteiger partial charge in [-0.2, -0.15) is 0 Å². The van der Waals surface area contributed by atoms with Crippen molar-refractivity contribution >= 4 is 0 Å². The van der Waals surface area contributed by atoms with Gasteiger partial charge in [0, 0.05) is 18.4 Å². The summed E-state index contributed by atoms with van der Waals surface area (Å²) < 4.78 is 0. The molecule has 0 spiro atoms. The Kier molecular flexibility index (Phi) is 3.76. The molecule has 0 bridgehead atoms. The quantitative estimate of drug-likeness (QED) is 0.593. The Bertz CT molecular complexity index is 194. The van der Waals surface area contributed by atoms with Crippen LogP contribution in [-0.2, 0) is 6.54 Å². The van der Waals surface area contributed by atoms with Gasteiger partial charge in [-0.05, 0) is 6.42 Å². The van der Waals surface area contributed by atoms with Gasteiger partial charge in [-0.3, -0.25) is 0 Å². The Morgan fingerprint density at radius 1 is 1.75 bits per heavy atom. The van der Waals surface area contributed by atoms with Crippen LogP contribution in [0.1, 0.15) is 19.2 Å². The van der Waals surface area contributed by atoms with Gasteiger partial charge in [0.15, 0.2) is 0 Å². The van der Waals surface area contributed by atoms with Crippen molar-refractivity contribution in [3.05, 3.63) is 18.2 Å². The van der Waals surface area contributed by atoms with E-state index in [1.54, 1.807) is 12.4 Å². The fourth-order valence-corrected chi connectivity index (χ4v) is 0.974. The van der Waals surface area contributed by atoms with E-state index in [1.807, 2.05) is 6.92 Å². The van der Waals surface area contributed by atoms with Crippen molar-refractivity contribution in [2.24, 2.45) is 0 Å². The molecule has 4 nitrogen and oxygen atoms in total. The molecule has 0 amide bonds. The highest BCUT2D eigenvalue weighted by molar-refractivity contribution is 4.86. The van der Waals surface area contributed by atoms with E-state index in [2.05, 4.69) is 15.3 Å². The minimum Gasteiger partial charge on any atom is -0.395 e. The molecule has 0 saturated heterocycles. The number of H-pyrrole nitrogens is 1. The normalized spacial score (nSPS) is 13.2. The van der Waals surface area contributed by atoms with Crippen LogP contribution >= 0.6 is 0 Å². The predicted molar refractivity (Wildman–Crippen MR) is 46.6 cm³/mol. The summed E-state index contributed by atoms with van der Waals surface area (Å²) in [6.45, 7) is 2.90. The lowest BCUT2D eigenvalue weighted by molar-refractivity contribution is 0.237. The highest BCUT2D eigenvalue weighted by Crippen LogP contribution is 1.92. The van der Waals surface area contributed by atoms with Gasteiger partial charge in [0.25, 0.3) is 0 Å². The maximum atomic E-state index is 8.86. The molecule has 4 heteroatoms. The molecule has 1 heterocycles. The average Bonchev–Trinajstić information content (AvgIpc) is 2.59. The Hall–Kier alpha value is -0.870. The number of aliphatic hydroxyl groups excluding tert-OH is 1. The van der Waals surface area contributed by atoms with Gasteiger partial charge in [0.2, 0.25) is 0 Å². The first-order chi connectivity index (χ1) is 5.86. The average molecular weight is 169 g/mol. The molecule has 0 aliphatic heterocycles. The molecule has 1 aromatic rings. The van der Waals surface area contributed by atoms with Gasteiger partial charge in [0.1, 0.15) is 5.82 Å². The lowest BCUT2D eigenvalue weighted by Crippen LogP contribution is -2.31. The Morgan fingerprint density at radius 3 is 3.08 bits per heavy atom. The van der Waals surface area contributed by atoms with Crippen LogP contribution < -0.4 is 5.32 Å². The molecule has 0 aromatic carbocycles. The second-order valence-electron chi connectivity index (χ2n) is 2.70. The molecule has 3 N–H and O–H groups in total. The summed E-state index contributed by atoms with van der Waals surface area (Å²) in [6, 6.07) is 0.176. The summed E-state index contributed by atoms with van der Waals surface area (Å²) in [4.78, 5) is 7.04. The van der Waals surface area contributed by atoms with Crippen LogP contribution in [0.25, 0.3) is 0 Å². The first-order valence-corrected chi connectivity index (χ1v) is 4.19. The number of aromatic amines is 1. The molecular weight excluding hydrogens is 154 g/mol. The Balaban J connectivity index is 2.25. The van der Waals surface area contributed by atoms with E-state index >= 15 is 0 Å². The van der Waals surface area contributed by atoms with Gasteiger partial charge in [-0.1, -0.05) is 6.92 Å². The molecule has 1 aromatic heterocycles. The SMILES string of the molecule is CC[C@@H](CO)NCc1ncc[nH]1. The summed E-state index contributed by atoms with van der Waals surface area (Å²) in [5.74, 6) is 0.905. The van der Waals surface area contributed by atoms with Crippen LogP contribution in [0.4, 0.5) is 0 Å². The summed E-state index contributed by atoms with van der Waals surface area (Å²) >= 11 is 0. The molecule has 0 aliphatic rings. The maximum absolute atomic E-state index is 8.86. The second-order valence-corrected chi connectivity index (χ2v) is 2.70. The highest BCUT2D eigenvalue weighted by atomic mass is 16.3. The van der Waals surface area contributed by atoms with Gasteiger partial charge < -0.3 is 15.4 Å². The van der Waals surface area contributed by atoms with Crippen molar-refractivity contribution < 1.29 is 5.11 Å². The zero-order valence-corrected chi connectivity index (χ0v) is 7.25. The van der Waals surface area contributed by atoms with Crippen LogP contribution in [0.5, 0.6) is 0 Å². The fraction of sp³-hybridized carbons (Fsp3) is 0.625. The minimum atomic E-state index is 0.176. The Morgan fingerprint density at radius 2 is 2.58 bits per heavy atom. The number of hydrogen-bond acceptors (Lipinski definition) is 3. The van der Waals surface area contributed by atoms with E-state index in [9.17, 15) is 0 Å². The summed E-state index contributed by atoms with van der Waals surface area (Å²) in [6.07, 6.45) is 4.44. The molecule has 1 rings (SSSR count). The molecule has 12 heavy (non-hydrogen) atoms. The molecule has 0 unspecified atom stereocenters. The number of hydrogen-bond donors (Lipinski definition) is 3. The van der Waals surface area contributed by atoms with Crippen LogP contribution in [0.2, 0.25) is 0 Å². The number of aromatic nitrogens is 2. The molecule has 1 atom stereocenters. The third kappa shape index (κ3) is 2.64. The molecule has 0 aliphatic carbocycles. The van der Waals surface area contributed by atoms with Crippen LogP contribution in [0.15, 0.2) is 12.4 Å². The van der Waals surface area contributed by atoms with Crippen LogP contribution in [-0.4, -0.2) is 27.7 Å². The largest absolute Gasteiger partial charge is 0.395 e. The van der Waals surface area contributed by atoms with Gasteiger partial charge in [-0.25, -0.2) is 4.98 Å². The first-order valence-electron chi connectivity index (χ1n) is 4.19. The van der Waals surface area contributed by atoms with E-state index in [1.165, 1.54) is 0 Å². The van der Waals surface area contributed by atoms with Crippen molar-refractivity contribution in [2.75, 3.05) is 6.61 Å². The van der Waals surface area contributed by atoms with Gasteiger partial charge in [0.05, 0.1) is 13.2 Å². The van der Waals surface area contributed by atoms with E-state index in [0.717, 1.165) is 12.2 Å². The third-order valence-corrected chi connectivity index (χ3v) is 1.83. The van der Waals surface area contributed by atoms with Gasteiger partial charge >= 0.3 is 0 Å². The smallest absolute Gasteiger partial charge is 0.120 e. The second kappa shape index (κ2) is 4.90. The molecule has 0 fully saturated rings. The summed E-state index contributed by atoms with van der Waals surface area (Å²) in [7, 11) is 0. The fourth-order valence-electron chi connectivity index (χ4n) is 0.974. The van der Waals surface area contributed by atoms with E-state index < -0.39 is 0 Å². The van der Waals surface area contributed by atoms with Crippen molar-refractivity contribution in [1.82, 2.24) is 15.3 Å². The number of nitrogens with zero attached hydrogens (tertiary/aromatic N) is 1. The van der Waals surface area contributed by atoms with Crippen molar-refractivity contribution in [3.8, 4) is 0 Å². The molecule has 0 radical (unpaired) electrons. The van der Waals surface area contributed by atoms with Crippen molar-refractivity contribution in [1.29, 1.82) is 0 Å². The highest BCUT2D eigenvalue weighted by Gasteiger charge is 2.03. The van der Waals surface area contributed by atoms with E-state index in [-0.39, 0.29) is 12.6 Å². The number of imidazole rings is 1. The molecule has 68 valence electrons. The lowest BCUT2D eigenvalue weighted by Gasteiger charge is -2.11. The number of rotatable bonds is 5. The lowest BCUT2D eigenvalue weighted by atomic mass is 10.2. The third-order valence-electron chi connectivity index (χ3n) is 1.83. The van der Waals surface area contributed by atoms with E-state index in [4.69, 9.17) is 5.11 Å². The van der Waals surface area contributed by atoms with Crippen LogP contribution in [0.3, 0.4) is 0 Å². The topological polar surface area (TPSA) is 60.9 Å². The predicted octanol–water partition coefficient (Wildman–Crippen LogP) is 0.270. The first kappa shape index (κ1) is 9.22. The van der Waals surface area contributed by atoms with Crippen molar-refractivity contribution in [3.63, 3.8) is 0 Å². The number of aliphatic hydroxyl groups is 1. The van der Waals surface area contributed by atoms with E-state index in [0.29, 0.717) is 6.54 Å². The van der Waals surface area contributed by atoms with Crippen molar-refractivity contribution in [2.45, 2.75) is 25.9 Å². The van der Waals surface area contributed by atoms with Crippen LogP contribution in [0, 0.1) is 0 Å². The molecule has 0 saturated carbocycles. The molecular formula is C8H15N3O. The zero-order chi connectivity index (χ0) is 8.81. The number of nitrogens with one attached hydrogen (secondary N) is 2. The maximum Gasteiger partial charge on any atom is 0.120 e. The standard InChI is InChI=1S/C8H15N3O/c1-2-7(6-12)11-5-8-9-3-4-10-8/h3-4,7,11-12H,2,5-6H2,1H3,(H,9,10)/t7-/m0/s1.